The zero-order chi connectivity index (χ0) is 10.8. The fourth-order valence-corrected chi connectivity index (χ4v) is 2.03. The maximum atomic E-state index is 5.90. The quantitative estimate of drug-likeness (QED) is 0.773. The van der Waals surface area contributed by atoms with Crippen LogP contribution in [0.3, 0.4) is 0 Å². The Morgan fingerprint density at radius 1 is 1.07 bits per heavy atom. The fourth-order valence-electron chi connectivity index (χ4n) is 1.45. The van der Waals surface area contributed by atoms with Crippen LogP contribution < -0.4 is 5.73 Å². The highest BCUT2D eigenvalue weighted by Crippen LogP contribution is 2.29. The van der Waals surface area contributed by atoms with Gasteiger partial charge in [-0.05, 0) is 29.8 Å². The molecular formula is C12H9BrClN. The average Bonchev–Trinajstić information content (AvgIpc) is 2.17. The molecule has 0 aliphatic heterocycles. The van der Waals surface area contributed by atoms with Crippen molar-refractivity contribution in [3.63, 3.8) is 0 Å². The van der Waals surface area contributed by atoms with Crippen LogP contribution in [0, 0.1) is 0 Å². The number of anilines is 1. The summed E-state index contributed by atoms with van der Waals surface area (Å²) in [6, 6.07) is 13.5. The molecule has 2 aromatic rings. The number of rotatable bonds is 1. The molecule has 0 bridgehead atoms. The van der Waals surface area contributed by atoms with Crippen molar-refractivity contribution < 1.29 is 0 Å². The zero-order valence-corrected chi connectivity index (χ0v) is 10.2. The summed E-state index contributed by atoms with van der Waals surface area (Å²) in [4.78, 5) is 0. The summed E-state index contributed by atoms with van der Waals surface area (Å²) in [6.07, 6.45) is 0. The minimum Gasteiger partial charge on any atom is -0.398 e. The SMILES string of the molecule is Nc1cc(Cl)ccc1-c1cccc(Br)c1. The van der Waals surface area contributed by atoms with E-state index in [2.05, 4.69) is 15.9 Å². The van der Waals surface area contributed by atoms with Gasteiger partial charge in [0, 0.05) is 20.7 Å². The highest BCUT2D eigenvalue weighted by Gasteiger charge is 2.03. The van der Waals surface area contributed by atoms with Gasteiger partial charge >= 0.3 is 0 Å². The van der Waals surface area contributed by atoms with Crippen LogP contribution in [0.2, 0.25) is 5.02 Å². The Morgan fingerprint density at radius 3 is 2.53 bits per heavy atom. The summed E-state index contributed by atoms with van der Waals surface area (Å²) in [5.74, 6) is 0. The summed E-state index contributed by atoms with van der Waals surface area (Å²) < 4.78 is 1.04. The molecule has 3 heteroatoms. The second-order valence-corrected chi connectivity index (χ2v) is 4.59. The Labute approximate surface area is 102 Å². The molecule has 15 heavy (non-hydrogen) atoms. The molecule has 0 saturated carbocycles. The smallest absolute Gasteiger partial charge is 0.0426 e. The van der Waals surface area contributed by atoms with E-state index in [4.69, 9.17) is 17.3 Å². The van der Waals surface area contributed by atoms with Crippen molar-refractivity contribution in [3.05, 3.63) is 52.0 Å². The van der Waals surface area contributed by atoms with Crippen LogP contribution in [0.25, 0.3) is 11.1 Å². The summed E-state index contributed by atoms with van der Waals surface area (Å²) in [6.45, 7) is 0. The molecule has 2 aromatic carbocycles. The van der Waals surface area contributed by atoms with Gasteiger partial charge in [0.15, 0.2) is 0 Å². The number of nitrogen functional groups attached to an aromatic ring is 1. The van der Waals surface area contributed by atoms with Gasteiger partial charge in [-0.1, -0.05) is 45.7 Å². The van der Waals surface area contributed by atoms with E-state index in [-0.39, 0.29) is 0 Å². The molecule has 0 unspecified atom stereocenters. The largest absolute Gasteiger partial charge is 0.398 e. The average molecular weight is 283 g/mol. The van der Waals surface area contributed by atoms with Gasteiger partial charge in [0.25, 0.3) is 0 Å². The summed E-state index contributed by atoms with van der Waals surface area (Å²) in [5.41, 5.74) is 8.68. The van der Waals surface area contributed by atoms with Crippen LogP contribution >= 0.6 is 27.5 Å². The molecule has 0 fully saturated rings. The summed E-state index contributed by atoms with van der Waals surface area (Å²) >= 11 is 9.28. The first-order valence-corrected chi connectivity index (χ1v) is 5.65. The normalized spacial score (nSPS) is 10.3. The minimum atomic E-state index is 0.659. The van der Waals surface area contributed by atoms with Crippen molar-refractivity contribution in [2.75, 3.05) is 5.73 Å². The molecule has 76 valence electrons. The molecule has 0 spiro atoms. The third-order valence-electron chi connectivity index (χ3n) is 2.15. The molecule has 2 rings (SSSR count). The van der Waals surface area contributed by atoms with E-state index in [9.17, 15) is 0 Å². The van der Waals surface area contributed by atoms with Crippen LogP contribution in [0.1, 0.15) is 0 Å². The third kappa shape index (κ3) is 2.33. The van der Waals surface area contributed by atoms with Crippen LogP contribution in [0.4, 0.5) is 5.69 Å². The first-order valence-electron chi connectivity index (χ1n) is 4.48. The van der Waals surface area contributed by atoms with Crippen molar-refractivity contribution in [2.45, 2.75) is 0 Å². The van der Waals surface area contributed by atoms with Gasteiger partial charge in [0.2, 0.25) is 0 Å². The van der Waals surface area contributed by atoms with Crippen LogP contribution in [-0.2, 0) is 0 Å². The Balaban J connectivity index is 2.54. The molecule has 0 amide bonds. The third-order valence-corrected chi connectivity index (χ3v) is 2.88. The molecule has 2 N–H and O–H groups in total. The van der Waals surface area contributed by atoms with Gasteiger partial charge in [-0.25, -0.2) is 0 Å². The Morgan fingerprint density at radius 2 is 1.87 bits per heavy atom. The molecule has 0 radical (unpaired) electrons. The number of nitrogens with two attached hydrogens (primary N) is 1. The first kappa shape index (κ1) is 10.5. The second kappa shape index (κ2) is 4.25. The molecule has 0 saturated heterocycles. The van der Waals surface area contributed by atoms with Crippen molar-refractivity contribution in [2.24, 2.45) is 0 Å². The number of hydrogen-bond acceptors (Lipinski definition) is 1. The van der Waals surface area contributed by atoms with E-state index in [1.54, 1.807) is 6.07 Å². The lowest BCUT2D eigenvalue weighted by atomic mass is 10.0. The highest BCUT2D eigenvalue weighted by atomic mass is 79.9. The van der Waals surface area contributed by atoms with E-state index in [1.165, 1.54) is 0 Å². The Bertz CT molecular complexity index is 497. The fraction of sp³-hybridized carbons (Fsp3) is 0. The van der Waals surface area contributed by atoms with E-state index in [0.29, 0.717) is 10.7 Å². The topological polar surface area (TPSA) is 26.0 Å². The Hall–Kier alpha value is -0.990. The molecule has 0 aliphatic rings. The predicted octanol–water partition coefficient (Wildman–Crippen LogP) is 4.35. The second-order valence-electron chi connectivity index (χ2n) is 3.24. The molecule has 0 heterocycles. The van der Waals surface area contributed by atoms with E-state index >= 15 is 0 Å². The number of hydrogen-bond donors (Lipinski definition) is 1. The lowest BCUT2D eigenvalue weighted by Crippen LogP contribution is -1.89. The van der Waals surface area contributed by atoms with E-state index in [0.717, 1.165) is 15.6 Å². The molecule has 1 nitrogen and oxygen atoms in total. The number of halogens is 2. The van der Waals surface area contributed by atoms with Crippen LogP contribution in [-0.4, -0.2) is 0 Å². The molecule has 0 atom stereocenters. The zero-order valence-electron chi connectivity index (χ0n) is 7.87. The lowest BCUT2D eigenvalue weighted by molar-refractivity contribution is 1.59. The van der Waals surface area contributed by atoms with Gasteiger partial charge in [-0.15, -0.1) is 0 Å². The van der Waals surface area contributed by atoms with Gasteiger partial charge in [0.1, 0.15) is 0 Å². The Kier molecular flexibility index (Phi) is 2.98. The summed E-state index contributed by atoms with van der Waals surface area (Å²) in [5, 5.41) is 0.659. The van der Waals surface area contributed by atoms with Crippen molar-refractivity contribution in [3.8, 4) is 11.1 Å². The number of benzene rings is 2. The minimum absolute atomic E-state index is 0.659. The lowest BCUT2D eigenvalue weighted by Gasteiger charge is -2.06. The van der Waals surface area contributed by atoms with E-state index < -0.39 is 0 Å². The van der Waals surface area contributed by atoms with Gasteiger partial charge in [-0.2, -0.15) is 0 Å². The van der Waals surface area contributed by atoms with Crippen molar-refractivity contribution in [1.29, 1.82) is 0 Å². The summed E-state index contributed by atoms with van der Waals surface area (Å²) in [7, 11) is 0. The van der Waals surface area contributed by atoms with Crippen molar-refractivity contribution in [1.82, 2.24) is 0 Å². The van der Waals surface area contributed by atoms with Gasteiger partial charge < -0.3 is 5.73 Å². The molecule has 0 aliphatic carbocycles. The maximum Gasteiger partial charge on any atom is 0.0426 e. The first-order chi connectivity index (χ1) is 7.16. The highest BCUT2D eigenvalue weighted by molar-refractivity contribution is 9.10. The van der Waals surface area contributed by atoms with E-state index in [1.807, 2.05) is 36.4 Å². The standard InChI is InChI=1S/C12H9BrClN/c13-9-3-1-2-8(6-9)11-5-4-10(14)7-12(11)15/h1-7H,15H2. The molecule has 0 aromatic heterocycles. The van der Waals surface area contributed by atoms with Crippen LogP contribution in [0.15, 0.2) is 46.9 Å². The molecular weight excluding hydrogens is 273 g/mol. The van der Waals surface area contributed by atoms with Crippen molar-refractivity contribution >= 4 is 33.2 Å². The predicted molar refractivity (Wildman–Crippen MR) is 69.0 cm³/mol. The van der Waals surface area contributed by atoms with Crippen LogP contribution in [0.5, 0.6) is 0 Å². The monoisotopic (exact) mass is 281 g/mol. The van der Waals surface area contributed by atoms with Gasteiger partial charge in [-0.3, -0.25) is 0 Å². The maximum absolute atomic E-state index is 5.90. The van der Waals surface area contributed by atoms with Gasteiger partial charge in [0.05, 0.1) is 0 Å².